The Bertz CT molecular complexity index is 412. The van der Waals surface area contributed by atoms with Crippen LogP contribution in [0.4, 0.5) is 5.69 Å². The number of ether oxygens (including phenoxy) is 1. The Hall–Kier alpha value is -1.39. The fourth-order valence-corrected chi connectivity index (χ4v) is 1.84. The molecule has 1 atom stereocenters. The van der Waals surface area contributed by atoms with Crippen molar-refractivity contribution in [2.75, 3.05) is 25.1 Å². The summed E-state index contributed by atoms with van der Waals surface area (Å²) in [7, 11) is 0. The lowest BCUT2D eigenvalue weighted by Crippen LogP contribution is -2.48. The minimum Gasteiger partial charge on any atom is -0.378 e. The molecule has 17 heavy (non-hydrogen) atoms. The highest BCUT2D eigenvalue weighted by molar-refractivity contribution is 5.95. The molecule has 1 amide bonds. The summed E-state index contributed by atoms with van der Waals surface area (Å²) in [5.41, 5.74) is 3.16. The number of benzene rings is 1. The number of rotatable bonds is 2. The smallest absolute Gasteiger partial charge is 0.243 e. The standard InChI is InChI=1S/C13H18N2O2/c1-9-4-3-5-11(10(9)2)15-13(16)12-8-17-7-6-14-12/h3-5,12,14H,6-8H2,1-2H3,(H,15,16). The Balaban J connectivity index is 2.04. The van der Waals surface area contributed by atoms with Crippen LogP contribution in [0, 0.1) is 13.8 Å². The van der Waals surface area contributed by atoms with E-state index < -0.39 is 0 Å². The van der Waals surface area contributed by atoms with Gasteiger partial charge in [0.15, 0.2) is 0 Å². The van der Waals surface area contributed by atoms with E-state index in [0.29, 0.717) is 13.2 Å². The predicted octanol–water partition coefficient (Wildman–Crippen LogP) is 1.23. The van der Waals surface area contributed by atoms with E-state index in [1.807, 2.05) is 32.0 Å². The van der Waals surface area contributed by atoms with Crippen LogP contribution < -0.4 is 10.6 Å². The maximum Gasteiger partial charge on any atom is 0.243 e. The number of hydrogen-bond donors (Lipinski definition) is 2. The Morgan fingerprint density at radius 3 is 3.00 bits per heavy atom. The van der Waals surface area contributed by atoms with Crippen molar-refractivity contribution in [2.24, 2.45) is 0 Å². The van der Waals surface area contributed by atoms with Gasteiger partial charge in [-0.1, -0.05) is 12.1 Å². The van der Waals surface area contributed by atoms with Gasteiger partial charge in [-0.05, 0) is 31.0 Å². The zero-order valence-corrected chi connectivity index (χ0v) is 10.2. The monoisotopic (exact) mass is 234 g/mol. The Kier molecular flexibility index (Phi) is 3.76. The summed E-state index contributed by atoms with van der Waals surface area (Å²) in [6.45, 7) is 5.89. The van der Waals surface area contributed by atoms with Gasteiger partial charge < -0.3 is 15.4 Å². The molecule has 0 radical (unpaired) electrons. The fraction of sp³-hybridized carbons (Fsp3) is 0.462. The first kappa shape index (κ1) is 12.1. The van der Waals surface area contributed by atoms with Crippen molar-refractivity contribution < 1.29 is 9.53 Å². The van der Waals surface area contributed by atoms with Gasteiger partial charge in [-0.2, -0.15) is 0 Å². The lowest BCUT2D eigenvalue weighted by atomic mass is 10.1. The van der Waals surface area contributed by atoms with Gasteiger partial charge in [-0.3, -0.25) is 4.79 Å². The van der Waals surface area contributed by atoms with Crippen molar-refractivity contribution in [3.63, 3.8) is 0 Å². The highest BCUT2D eigenvalue weighted by atomic mass is 16.5. The quantitative estimate of drug-likeness (QED) is 0.809. The second kappa shape index (κ2) is 5.29. The molecule has 1 unspecified atom stereocenters. The molecule has 0 aromatic heterocycles. The first-order valence-corrected chi connectivity index (χ1v) is 5.86. The van der Waals surface area contributed by atoms with Crippen LogP contribution in [0.5, 0.6) is 0 Å². The van der Waals surface area contributed by atoms with E-state index in [4.69, 9.17) is 4.74 Å². The van der Waals surface area contributed by atoms with Crippen LogP contribution in [0.2, 0.25) is 0 Å². The van der Waals surface area contributed by atoms with Crippen LogP contribution in [-0.4, -0.2) is 31.7 Å². The third kappa shape index (κ3) is 2.84. The fourth-order valence-electron chi connectivity index (χ4n) is 1.84. The van der Waals surface area contributed by atoms with Crippen LogP contribution in [-0.2, 0) is 9.53 Å². The van der Waals surface area contributed by atoms with Crippen molar-refractivity contribution in [1.82, 2.24) is 5.32 Å². The van der Waals surface area contributed by atoms with Crippen molar-refractivity contribution >= 4 is 11.6 Å². The minimum atomic E-state index is -0.247. The van der Waals surface area contributed by atoms with E-state index in [1.165, 1.54) is 5.56 Å². The summed E-state index contributed by atoms with van der Waals surface area (Å²) in [5, 5.41) is 6.08. The van der Waals surface area contributed by atoms with E-state index >= 15 is 0 Å². The van der Waals surface area contributed by atoms with Crippen LogP contribution in [0.1, 0.15) is 11.1 Å². The molecule has 0 spiro atoms. The summed E-state index contributed by atoms with van der Waals surface area (Å²) in [6.07, 6.45) is 0. The molecule has 1 aliphatic heterocycles. The maximum absolute atomic E-state index is 12.0. The summed E-state index contributed by atoms with van der Waals surface area (Å²) in [5.74, 6) is -0.0293. The molecule has 1 aliphatic rings. The van der Waals surface area contributed by atoms with Crippen LogP contribution in [0.3, 0.4) is 0 Å². The van der Waals surface area contributed by atoms with Crippen molar-refractivity contribution in [2.45, 2.75) is 19.9 Å². The Morgan fingerprint density at radius 2 is 2.29 bits per heavy atom. The molecular weight excluding hydrogens is 216 g/mol. The lowest BCUT2D eigenvalue weighted by Gasteiger charge is -2.23. The summed E-state index contributed by atoms with van der Waals surface area (Å²) >= 11 is 0. The zero-order chi connectivity index (χ0) is 12.3. The van der Waals surface area contributed by atoms with E-state index in [2.05, 4.69) is 10.6 Å². The van der Waals surface area contributed by atoms with Gasteiger partial charge in [0.2, 0.25) is 5.91 Å². The van der Waals surface area contributed by atoms with Gasteiger partial charge in [0.1, 0.15) is 6.04 Å². The number of aryl methyl sites for hydroxylation is 1. The van der Waals surface area contributed by atoms with Gasteiger partial charge in [0, 0.05) is 12.2 Å². The molecule has 92 valence electrons. The average molecular weight is 234 g/mol. The normalized spacial score (nSPS) is 20.0. The molecule has 1 saturated heterocycles. The van der Waals surface area contributed by atoms with Crippen molar-refractivity contribution in [3.05, 3.63) is 29.3 Å². The Morgan fingerprint density at radius 1 is 1.47 bits per heavy atom. The molecule has 4 nitrogen and oxygen atoms in total. The van der Waals surface area contributed by atoms with Gasteiger partial charge >= 0.3 is 0 Å². The highest BCUT2D eigenvalue weighted by Gasteiger charge is 2.21. The topological polar surface area (TPSA) is 50.4 Å². The van der Waals surface area contributed by atoms with Crippen molar-refractivity contribution in [1.29, 1.82) is 0 Å². The molecule has 2 N–H and O–H groups in total. The number of nitrogens with one attached hydrogen (secondary N) is 2. The molecule has 4 heteroatoms. The number of morpholine rings is 1. The molecular formula is C13H18N2O2. The molecule has 0 bridgehead atoms. The van der Waals surface area contributed by atoms with Crippen LogP contribution in [0.15, 0.2) is 18.2 Å². The number of carbonyl (C=O) groups is 1. The second-order valence-electron chi connectivity index (χ2n) is 4.32. The molecule has 1 fully saturated rings. The first-order valence-electron chi connectivity index (χ1n) is 5.86. The SMILES string of the molecule is Cc1cccc(NC(=O)C2COCCN2)c1C. The third-order valence-electron chi connectivity index (χ3n) is 3.10. The summed E-state index contributed by atoms with van der Waals surface area (Å²) < 4.78 is 5.27. The minimum absolute atomic E-state index is 0.0293. The first-order chi connectivity index (χ1) is 8.18. The largest absolute Gasteiger partial charge is 0.378 e. The van der Waals surface area contributed by atoms with Crippen molar-refractivity contribution in [3.8, 4) is 0 Å². The van der Waals surface area contributed by atoms with E-state index in [1.54, 1.807) is 0 Å². The summed E-state index contributed by atoms with van der Waals surface area (Å²) in [6, 6.07) is 5.66. The highest BCUT2D eigenvalue weighted by Crippen LogP contribution is 2.18. The molecule has 2 rings (SSSR count). The Labute approximate surface area is 101 Å². The zero-order valence-electron chi connectivity index (χ0n) is 10.2. The number of anilines is 1. The lowest BCUT2D eigenvalue weighted by molar-refractivity contribution is -0.120. The molecule has 1 aromatic rings. The van der Waals surface area contributed by atoms with Crippen LogP contribution >= 0.6 is 0 Å². The van der Waals surface area contributed by atoms with E-state index in [-0.39, 0.29) is 11.9 Å². The molecule has 0 saturated carbocycles. The second-order valence-corrected chi connectivity index (χ2v) is 4.32. The van der Waals surface area contributed by atoms with E-state index in [0.717, 1.165) is 17.8 Å². The predicted molar refractivity (Wildman–Crippen MR) is 67.2 cm³/mol. The molecule has 0 aliphatic carbocycles. The third-order valence-corrected chi connectivity index (χ3v) is 3.10. The molecule has 1 heterocycles. The van der Waals surface area contributed by atoms with Gasteiger partial charge in [0.25, 0.3) is 0 Å². The van der Waals surface area contributed by atoms with Crippen LogP contribution in [0.25, 0.3) is 0 Å². The molecule has 1 aromatic carbocycles. The average Bonchev–Trinajstić information content (AvgIpc) is 2.36. The van der Waals surface area contributed by atoms with Gasteiger partial charge in [-0.25, -0.2) is 0 Å². The summed E-state index contributed by atoms with van der Waals surface area (Å²) in [4.78, 5) is 12.0. The van der Waals surface area contributed by atoms with Gasteiger partial charge in [0.05, 0.1) is 13.2 Å². The van der Waals surface area contributed by atoms with E-state index in [9.17, 15) is 4.79 Å². The van der Waals surface area contributed by atoms with Gasteiger partial charge in [-0.15, -0.1) is 0 Å². The number of amides is 1. The number of carbonyl (C=O) groups excluding carboxylic acids is 1. The maximum atomic E-state index is 12.0. The number of hydrogen-bond acceptors (Lipinski definition) is 3.